The van der Waals surface area contributed by atoms with E-state index in [0.29, 0.717) is 5.57 Å². The maximum absolute atomic E-state index is 11.9. The van der Waals surface area contributed by atoms with Crippen molar-refractivity contribution in [1.82, 2.24) is 0 Å². The fourth-order valence-electron chi connectivity index (χ4n) is 2.41. The number of nitrogens with two attached hydrogens (primary N) is 1. The fraction of sp³-hybridized carbons (Fsp3) is 0.636. The smallest absolute Gasteiger partial charge is 0.325 e. The number of carbonyl (C=O) groups excluding carboxylic acids is 2. The molecule has 2 atom stereocenters. The van der Waals surface area contributed by atoms with Crippen molar-refractivity contribution in [2.75, 3.05) is 14.2 Å². The summed E-state index contributed by atoms with van der Waals surface area (Å²) < 4.78 is 9.16. The second-order valence-corrected chi connectivity index (χ2v) is 4.46. The Morgan fingerprint density at radius 3 is 2.26 bits per heavy atom. The quantitative estimate of drug-likeness (QED) is 0.245. The summed E-state index contributed by atoms with van der Waals surface area (Å²) in [5.41, 5.74) is 4.27. The molecule has 0 aromatic rings. The second kappa shape index (κ2) is 5.35. The topological polar surface area (TPSA) is 122 Å². The third kappa shape index (κ3) is 2.30. The lowest BCUT2D eigenvalue weighted by molar-refractivity contribution is -0.529. The van der Waals surface area contributed by atoms with Gasteiger partial charge >= 0.3 is 11.9 Å². The van der Waals surface area contributed by atoms with Crippen LogP contribution in [0.25, 0.3) is 0 Å². The number of rotatable bonds is 3. The van der Waals surface area contributed by atoms with Gasteiger partial charge in [0, 0.05) is 11.3 Å². The van der Waals surface area contributed by atoms with E-state index in [1.54, 1.807) is 0 Å². The Balaban J connectivity index is 3.34. The molecule has 0 aliphatic heterocycles. The van der Waals surface area contributed by atoms with Gasteiger partial charge in [0.15, 0.2) is 5.41 Å². The van der Waals surface area contributed by atoms with E-state index in [4.69, 9.17) is 5.73 Å². The van der Waals surface area contributed by atoms with Crippen LogP contribution in [0.1, 0.15) is 12.8 Å². The number of carbonyl (C=O) groups is 2. The molecule has 2 N–H and O–H groups in total. The van der Waals surface area contributed by atoms with Gasteiger partial charge in [-0.2, -0.15) is 0 Å². The van der Waals surface area contributed by atoms with Crippen molar-refractivity contribution in [2.45, 2.75) is 24.9 Å². The predicted octanol–water partition coefficient (Wildman–Crippen LogP) is -0.359. The van der Waals surface area contributed by atoms with E-state index in [2.05, 4.69) is 16.1 Å². The Bertz CT molecular complexity index is 417. The van der Waals surface area contributed by atoms with Crippen LogP contribution in [0.15, 0.2) is 12.2 Å². The Morgan fingerprint density at radius 1 is 1.42 bits per heavy atom. The lowest BCUT2D eigenvalue weighted by Gasteiger charge is -2.38. The van der Waals surface area contributed by atoms with E-state index < -0.39 is 34.4 Å². The SMILES string of the molecule is C=C1C[C@H]([N+](=O)[O-])[C@@H](N)C(C(=O)OC)(C(=O)OC)C1. The average molecular weight is 272 g/mol. The highest BCUT2D eigenvalue weighted by molar-refractivity contribution is 6.01. The van der Waals surface area contributed by atoms with E-state index in [-0.39, 0.29) is 12.8 Å². The number of methoxy groups -OCH3 is 2. The molecule has 0 aromatic carbocycles. The number of ether oxygens (including phenoxy) is 2. The number of hydrogen-bond donors (Lipinski definition) is 1. The summed E-state index contributed by atoms with van der Waals surface area (Å²) in [5, 5.41) is 11.0. The maximum Gasteiger partial charge on any atom is 0.325 e. The third-order valence-corrected chi connectivity index (χ3v) is 3.38. The lowest BCUT2D eigenvalue weighted by Crippen LogP contribution is -2.63. The molecule has 106 valence electrons. The van der Waals surface area contributed by atoms with Gasteiger partial charge in [0.1, 0.15) is 6.04 Å². The van der Waals surface area contributed by atoms with Crippen molar-refractivity contribution in [1.29, 1.82) is 0 Å². The summed E-state index contributed by atoms with van der Waals surface area (Å²) in [7, 11) is 2.16. The standard InChI is InChI=1S/C11H16N2O6/c1-6-4-7(13(16)17)8(12)11(5-6,9(14)18-2)10(15)19-3/h7-8H,1,4-5,12H2,2-3H3/t7-,8+/m0/s1. The zero-order valence-corrected chi connectivity index (χ0v) is 10.8. The molecular formula is C11H16N2O6. The van der Waals surface area contributed by atoms with Crippen LogP contribution < -0.4 is 5.73 Å². The molecule has 0 heterocycles. The van der Waals surface area contributed by atoms with Crippen molar-refractivity contribution in [2.24, 2.45) is 11.1 Å². The normalized spacial score (nSPS) is 25.5. The first-order chi connectivity index (χ1) is 8.81. The Hall–Kier alpha value is -1.96. The van der Waals surface area contributed by atoms with Gasteiger partial charge in [0.2, 0.25) is 6.04 Å². The van der Waals surface area contributed by atoms with Crippen LogP contribution in [0.3, 0.4) is 0 Å². The van der Waals surface area contributed by atoms with Crippen molar-refractivity contribution in [3.63, 3.8) is 0 Å². The molecule has 0 radical (unpaired) electrons. The van der Waals surface area contributed by atoms with Crippen LogP contribution in [0.5, 0.6) is 0 Å². The molecule has 8 heteroatoms. The minimum Gasteiger partial charge on any atom is -0.468 e. The van der Waals surface area contributed by atoms with Gasteiger partial charge in [-0.3, -0.25) is 19.7 Å². The molecule has 1 saturated carbocycles. The van der Waals surface area contributed by atoms with E-state index >= 15 is 0 Å². The second-order valence-electron chi connectivity index (χ2n) is 4.46. The first kappa shape index (κ1) is 15.1. The van der Waals surface area contributed by atoms with Gasteiger partial charge in [0.25, 0.3) is 0 Å². The van der Waals surface area contributed by atoms with Crippen LogP contribution in [0.2, 0.25) is 0 Å². The van der Waals surface area contributed by atoms with Crippen molar-refractivity contribution in [3.05, 3.63) is 22.3 Å². The molecule has 0 bridgehead atoms. The summed E-state index contributed by atoms with van der Waals surface area (Å²) in [6, 6.07) is -2.60. The minimum absolute atomic E-state index is 0.0178. The zero-order valence-electron chi connectivity index (χ0n) is 10.8. The highest BCUT2D eigenvalue weighted by atomic mass is 16.6. The van der Waals surface area contributed by atoms with E-state index in [9.17, 15) is 19.7 Å². The van der Waals surface area contributed by atoms with Crippen LogP contribution in [-0.2, 0) is 19.1 Å². The minimum atomic E-state index is -1.91. The number of nitro groups is 1. The van der Waals surface area contributed by atoms with Gasteiger partial charge in [0.05, 0.1) is 14.2 Å². The van der Waals surface area contributed by atoms with Crippen LogP contribution >= 0.6 is 0 Å². The zero-order chi connectivity index (χ0) is 14.8. The summed E-state index contributed by atoms with van der Waals surface area (Å²) >= 11 is 0. The molecule has 0 unspecified atom stereocenters. The highest BCUT2D eigenvalue weighted by Gasteiger charge is 2.61. The van der Waals surface area contributed by atoms with Crippen molar-refractivity contribution >= 4 is 11.9 Å². The molecule has 0 amide bonds. The van der Waals surface area contributed by atoms with E-state index in [0.717, 1.165) is 14.2 Å². The molecule has 1 fully saturated rings. The van der Waals surface area contributed by atoms with Crippen molar-refractivity contribution < 1.29 is 24.0 Å². The molecule has 1 aliphatic rings. The maximum atomic E-state index is 11.9. The van der Waals surface area contributed by atoms with Gasteiger partial charge in [-0.1, -0.05) is 12.2 Å². The molecular weight excluding hydrogens is 256 g/mol. The number of hydrogen-bond acceptors (Lipinski definition) is 7. The predicted molar refractivity (Wildman–Crippen MR) is 63.6 cm³/mol. The summed E-state index contributed by atoms with van der Waals surface area (Å²) in [6.07, 6.45) is -0.0955. The first-order valence-electron chi connectivity index (χ1n) is 5.53. The van der Waals surface area contributed by atoms with Gasteiger partial charge < -0.3 is 15.2 Å². The number of esters is 2. The van der Waals surface area contributed by atoms with E-state index in [1.807, 2.05) is 0 Å². The van der Waals surface area contributed by atoms with Gasteiger partial charge in [-0.25, -0.2) is 0 Å². The molecule has 1 aliphatic carbocycles. The van der Waals surface area contributed by atoms with Crippen LogP contribution in [0.4, 0.5) is 0 Å². The van der Waals surface area contributed by atoms with Crippen LogP contribution in [0, 0.1) is 15.5 Å². The fourth-order valence-corrected chi connectivity index (χ4v) is 2.41. The summed E-state index contributed by atoms with van der Waals surface area (Å²) in [4.78, 5) is 34.3. The molecule has 0 aromatic heterocycles. The largest absolute Gasteiger partial charge is 0.468 e. The molecule has 0 saturated heterocycles. The van der Waals surface area contributed by atoms with Gasteiger partial charge in [-0.05, 0) is 6.42 Å². The molecule has 1 rings (SSSR count). The summed E-state index contributed by atoms with van der Waals surface area (Å²) in [6.45, 7) is 3.63. The third-order valence-electron chi connectivity index (χ3n) is 3.38. The lowest BCUT2D eigenvalue weighted by atomic mass is 9.67. The number of nitrogens with zero attached hydrogens (tertiary/aromatic N) is 1. The first-order valence-corrected chi connectivity index (χ1v) is 5.53. The Kier molecular flexibility index (Phi) is 4.25. The van der Waals surface area contributed by atoms with Gasteiger partial charge in [-0.15, -0.1) is 0 Å². The molecule has 8 nitrogen and oxygen atoms in total. The highest BCUT2D eigenvalue weighted by Crippen LogP contribution is 2.41. The summed E-state index contributed by atoms with van der Waals surface area (Å²) in [5.74, 6) is -1.89. The molecule has 0 spiro atoms. The Morgan fingerprint density at radius 2 is 1.89 bits per heavy atom. The monoisotopic (exact) mass is 272 g/mol. The Labute approximate surface area is 109 Å². The van der Waals surface area contributed by atoms with Crippen LogP contribution in [-0.4, -0.2) is 43.2 Å². The average Bonchev–Trinajstić information content (AvgIpc) is 2.38. The molecule has 19 heavy (non-hydrogen) atoms. The van der Waals surface area contributed by atoms with Crippen molar-refractivity contribution in [3.8, 4) is 0 Å². The van der Waals surface area contributed by atoms with E-state index in [1.165, 1.54) is 0 Å².